The number of carbonyl (C=O) groups is 1. The molecule has 0 radical (unpaired) electrons. The molecule has 0 bridgehead atoms. The Kier molecular flexibility index (Phi) is 5.99. The monoisotopic (exact) mass is 351 g/mol. The SMILES string of the molecule is [C-]#[N+]Cc1ccc(-c2cccc(NC(=O)C(C)(C)C)n2)c(OC(C)C)c1. The number of nitrogens with one attached hydrogen (secondary N) is 1. The van der Waals surface area contributed by atoms with Crippen molar-refractivity contribution < 1.29 is 9.53 Å². The molecule has 0 aliphatic carbocycles. The second-order valence-corrected chi connectivity index (χ2v) is 7.43. The van der Waals surface area contributed by atoms with Crippen molar-refractivity contribution in [3.8, 4) is 17.0 Å². The van der Waals surface area contributed by atoms with E-state index in [1.807, 2.05) is 65.0 Å². The normalized spacial score (nSPS) is 11.1. The molecule has 0 fully saturated rings. The van der Waals surface area contributed by atoms with E-state index < -0.39 is 5.41 Å². The molecule has 1 N–H and O–H groups in total. The fourth-order valence-electron chi connectivity index (χ4n) is 2.28. The Balaban J connectivity index is 2.40. The highest BCUT2D eigenvalue weighted by atomic mass is 16.5. The molecule has 2 aromatic rings. The van der Waals surface area contributed by atoms with Crippen LogP contribution in [-0.2, 0) is 11.3 Å². The van der Waals surface area contributed by atoms with Crippen molar-refractivity contribution in [1.29, 1.82) is 0 Å². The summed E-state index contributed by atoms with van der Waals surface area (Å²) in [7, 11) is 0. The lowest BCUT2D eigenvalue weighted by atomic mass is 9.96. The standard InChI is InChI=1S/C21H25N3O2/c1-14(2)26-18-12-15(13-22-6)10-11-16(18)17-8-7-9-19(23-17)24-20(25)21(3,4)5/h7-12,14H,13H2,1-5H3,(H,23,24,25). The Labute approximate surface area is 155 Å². The molecular weight excluding hydrogens is 326 g/mol. The van der Waals surface area contributed by atoms with Gasteiger partial charge in [-0.1, -0.05) is 32.9 Å². The van der Waals surface area contributed by atoms with E-state index in [1.165, 1.54) is 0 Å². The predicted molar refractivity (Wildman–Crippen MR) is 104 cm³/mol. The summed E-state index contributed by atoms with van der Waals surface area (Å²) in [6.45, 7) is 16.8. The van der Waals surface area contributed by atoms with Crippen LogP contribution in [0.1, 0.15) is 40.2 Å². The molecule has 0 aliphatic heterocycles. The van der Waals surface area contributed by atoms with Gasteiger partial charge in [-0.05, 0) is 38.1 Å². The Bertz CT molecular complexity index is 830. The first-order valence-corrected chi connectivity index (χ1v) is 8.62. The number of benzene rings is 1. The molecule has 5 nitrogen and oxygen atoms in total. The van der Waals surface area contributed by atoms with Crippen LogP contribution < -0.4 is 10.1 Å². The van der Waals surface area contributed by atoms with Gasteiger partial charge in [0.2, 0.25) is 12.5 Å². The first kappa shape index (κ1) is 19.5. The van der Waals surface area contributed by atoms with Crippen molar-refractivity contribution in [2.24, 2.45) is 5.41 Å². The highest BCUT2D eigenvalue weighted by Crippen LogP contribution is 2.32. The molecule has 1 aromatic carbocycles. The van der Waals surface area contributed by atoms with E-state index in [0.29, 0.717) is 23.8 Å². The third-order valence-corrected chi connectivity index (χ3v) is 3.62. The molecule has 136 valence electrons. The van der Waals surface area contributed by atoms with Gasteiger partial charge in [0.1, 0.15) is 11.6 Å². The third kappa shape index (κ3) is 5.06. The lowest BCUT2D eigenvalue weighted by molar-refractivity contribution is -0.123. The third-order valence-electron chi connectivity index (χ3n) is 3.62. The summed E-state index contributed by atoms with van der Waals surface area (Å²) in [5.41, 5.74) is 1.95. The summed E-state index contributed by atoms with van der Waals surface area (Å²) >= 11 is 0. The van der Waals surface area contributed by atoms with E-state index in [1.54, 1.807) is 6.07 Å². The summed E-state index contributed by atoms with van der Waals surface area (Å²) in [5, 5.41) is 2.85. The first-order valence-electron chi connectivity index (χ1n) is 8.62. The van der Waals surface area contributed by atoms with Gasteiger partial charge in [0.25, 0.3) is 0 Å². The Morgan fingerprint density at radius 1 is 1.27 bits per heavy atom. The van der Waals surface area contributed by atoms with Gasteiger partial charge in [0.15, 0.2) is 0 Å². The van der Waals surface area contributed by atoms with Crippen molar-refractivity contribution in [2.75, 3.05) is 5.32 Å². The van der Waals surface area contributed by atoms with Gasteiger partial charge in [-0.2, -0.15) is 0 Å². The lowest BCUT2D eigenvalue weighted by Gasteiger charge is -2.18. The van der Waals surface area contributed by atoms with Gasteiger partial charge in [-0.15, -0.1) is 0 Å². The number of hydrogen-bond donors (Lipinski definition) is 1. The van der Waals surface area contributed by atoms with E-state index in [0.717, 1.165) is 11.1 Å². The molecule has 0 atom stereocenters. The largest absolute Gasteiger partial charge is 0.490 e. The number of aromatic nitrogens is 1. The minimum atomic E-state index is -0.495. The first-order chi connectivity index (χ1) is 12.2. The van der Waals surface area contributed by atoms with Crippen molar-refractivity contribution >= 4 is 11.7 Å². The quantitative estimate of drug-likeness (QED) is 0.776. The zero-order valence-corrected chi connectivity index (χ0v) is 16.0. The molecular formula is C21H25N3O2. The van der Waals surface area contributed by atoms with E-state index in [2.05, 4.69) is 15.1 Å². The van der Waals surface area contributed by atoms with E-state index in [4.69, 9.17) is 11.3 Å². The number of anilines is 1. The van der Waals surface area contributed by atoms with Crippen LogP contribution in [-0.4, -0.2) is 17.0 Å². The number of hydrogen-bond acceptors (Lipinski definition) is 3. The van der Waals surface area contributed by atoms with Gasteiger partial charge in [-0.25, -0.2) is 11.6 Å². The van der Waals surface area contributed by atoms with Crippen molar-refractivity contribution in [3.05, 3.63) is 53.4 Å². The molecule has 1 amide bonds. The maximum Gasteiger partial charge on any atom is 0.239 e. The van der Waals surface area contributed by atoms with Crippen LogP contribution >= 0.6 is 0 Å². The molecule has 5 heteroatoms. The summed E-state index contributed by atoms with van der Waals surface area (Å²) in [5.74, 6) is 1.10. The number of rotatable bonds is 5. The minimum absolute atomic E-state index is 0.000663. The summed E-state index contributed by atoms with van der Waals surface area (Å²) < 4.78 is 5.93. The maximum absolute atomic E-state index is 12.2. The Morgan fingerprint density at radius 3 is 2.62 bits per heavy atom. The van der Waals surface area contributed by atoms with Crippen LogP contribution in [0.15, 0.2) is 36.4 Å². The second kappa shape index (κ2) is 8.01. The van der Waals surface area contributed by atoms with Crippen LogP contribution in [0.3, 0.4) is 0 Å². The fourth-order valence-corrected chi connectivity index (χ4v) is 2.28. The van der Waals surface area contributed by atoms with Gasteiger partial charge in [0, 0.05) is 16.5 Å². The molecule has 1 heterocycles. The molecule has 0 saturated heterocycles. The zero-order chi connectivity index (χ0) is 19.3. The van der Waals surface area contributed by atoms with Crippen molar-refractivity contribution in [3.63, 3.8) is 0 Å². The van der Waals surface area contributed by atoms with Gasteiger partial charge in [-0.3, -0.25) is 4.79 Å². The summed E-state index contributed by atoms with van der Waals surface area (Å²) in [4.78, 5) is 20.2. The molecule has 0 unspecified atom stereocenters. The number of ether oxygens (including phenoxy) is 1. The molecule has 0 spiro atoms. The average Bonchev–Trinajstić information content (AvgIpc) is 2.54. The van der Waals surface area contributed by atoms with Gasteiger partial charge < -0.3 is 14.9 Å². The smallest absolute Gasteiger partial charge is 0.239 e. The van der Waals surface area contributed by atoms with Gasteiger partial charge >= 0.3 is 0 Å². The van der Waals surface area contributed by atoms with E-state index >= 15 is 0 Å². The average molecular weight is 351 g/mol. The Morgan fingerprint density at radius 2 is 2.00 bits per heavy atom. The molecule has 26 heavy (non-hydrogen) atoms. The summed E-state index contributed by atoms with van der Waals surface area (Å²) in [6.07, 6.45) is 0.000663. The predicted octanol–water partition coefficient (Wildman–Crippen LogP) is 4.94. The zero-order valence-electron chi connectivity index (χ0n) is 16.0. The van der Waals surface area contributed by atoms with E-state index in [9.17, 15) is 4.79 Å². The lowest BCUT2D eigenvalue weighted by Crippen LogP contribution is -2.28. The van der Waals surface area contributed by atoms with Crippen molar-refractivity contribution in [2.45, 2.75) is 47.3 Å². The summed E-state index contributed by atoms with van der Waals surface area (Å²) in [6, 6.07) is 11.2. The molecule has 0 saturated carbocycles. The Hall–Kier alpha value is -2.87. The van der Waals surface area contributed by atoms with Crippen LogP contribution in [0.4, 0.5) is 5.82 Å². The maximum atomic E-state index is 12.2. The molecule has 0 aliphatic rings. The highest BCUT2D eigenvalue weighted by Gasteiger charge is 2.22. The number of carbonyl (C=O) groups excluding carboxylic acids is 1. The fraction of sp³-hybridized carbons (Fsp3) is 0.381. The molecule has 1 aromatic heterocycles. The van der Waals surface area contributed by atoms with Gasteiger partial charge in [0.05, 0.1) is 11.8 Å². The second-order valence-electron chi connectivity index (χ2n) is 7.43. The van der Waals surface area contributed by atoms with Crippen LogP contribution in [0.5, 0.6) is 5.75 Å². The van der Waals surface area contributed by atoms with Crippen LogP contribution in [0.25, 0.3) is 16.1 Å². The van der Waals surface area contributed by atoms with Crippen LogP contribution in [0, 0.1) is 12.0 Å². The van der Waals surface area contributed by atoms with Crippen LogP contribution in [0.2, 0.25) is 0 Å². The number of pyridine rings is 1. The topological polar surface area (TPSA) is 55.6 Å². The minimum Gasteiger partial charge on any atom is -0.490 e. The molecule has 2 rings (SSSR count). The van der Waals surface area contributed by atoms with E-state index in [-0.39, 0.29) is 12.0 Å². The number of nitrogens with zero attached hydrogens (tertiary/aromatic N) is 2. The number of amides is 1. The highest BCUT2D eigenvalue weighted by molar-refractivity contribution is 5.93. The van der Waals surface area contributed by atoms with Crippen molar-refractivity contribution in [1.82, 2.24) is 4.98 Å².